The smallest absolute Gasteiger partial charge is 0.254 e. The van der Waals surface area contributed by atoms with E-state index in [1.807, 2.05) is 55.1 Å². The number of hydrogen-bond donors (Lipinski definition) is 1. The van der Waals surface area contributed by atoms with E-state index in [1.165, 1.54) is 5.56 Å². The van der Waals surface area contributed by atoms with Crippen LogP contribution >= 0.6 is 0 Å². The van der Waals surface area contributed by atoms with Gasteiger partial charge in [0.05, 0.1) is 6.61 Å². The fraction of sp³-hybridized carbons (Fsp3) is 0.350. The molecule has 2 aromatic rings. The largest absolute Gasteiger partial charge is 0.494 e. The number of aryl methyl sites for hydroxylation is 1. The van der Waals surface area contributed by atoms with Gasteiger partial charge in [0.1, 0.15) is 5.75 Å². The first-order valence-electron chi connectivity index (χ1n) is 8.42. The Labute approximate surface area is 144 Å². The van der Waals surface area contributed by atoms with E-state index in [4.69, 9.17) is 10.5 Å². The minimum atomic E-state index is -0.00247. The maximum atomic E-state index is 12.8. The third-order valence-corrected chi connectivity index (χ3v) is 3.93. The summed E-state index contributed by atoms with van der Waals surface area (Å²) in [5, 5.41) is 0. The fourth-order valence-corrected chi connectivity index (χ4v) is 2.61. The van der Waals surface area contributed by atoms with Crippen LogP contribution in [0, 0.1) is 6.92 Å². The van der Waals surface area contributed by atoms with Gasteiger partial charge in [0.2, 0.25) is 0 Å². The standard InChI is InChI=1S/C20H26N2O2/c1-3-24-19-15-18(10-9-16(19)2)20(23)22(14-12-21)13-11-17-7-5-4-6-8-17/h4-10,15H,3,11-14,21H2,1-2H3. The minimum Gasteiger partial charge on any atom is -0.494 e. The van der Waals surface area contributed by atoms with E-state index >= 15 is 0 Å². The molecule has 4 heteroatoms. The zero-order valence-electron chi connectivity index (χ0n) is 14.5. The van der Waals surface area contributed by atoms with Gasteiger partial charge in [-0.25, -0.2) is 0 Å². The zero-order valence-corrected chi connectivity index (χ0v) is 14.5. The molecule has 0 saturated carbocycles. The maximum Gasteiger partial charge on any atom is 0.254 e. The highest BCUT2D eigenvalue weighted by Gasteiger charge is 2.16. The van der Waals surface area contributed by atoms with Gasteiger partial charge >= 0.3 is 0 Å². The highest BCUT2D eigenvalue weighted by atomic mass is 16.5. The van der Waals surface area contributed by atoms with Crippen molar-refractivity contribution in [1.29, 1.82) is 0 Å². The minimum absolute atomic E-state index is 0.00247. The van der Waals surface area contributed by atoms with Gasteiger partial charge in [-0.15, -0.1) is 0 Å². The second kappa shape index (κ2) is 9.08. The van der Waals surface area contributed by atoms with Crippen LogP contribution in [0.2, 0.25) is 0 Å². The lowest BCUT2D eigenvalue weighted by Gasteiger charge is -2.22. The number of rotatable bonds is 8. The van der Waals surface area contributed by atoms with Gasteiger partial charge in [0, 0.05) is 25.2 Å². The van der Waals surface area contributed by atoms with Gasteiger partial charge in [-0.05, 0) is 43.5 Å². The number of hydrogen-bond acceptors (Lipinski definition) is 3. The van der Waals surface area contributed by atoms with Crippen molar-refractivity contribution in [3.05, 3.63) is 65.2 Å². The quantitative estimate of drug-likeness (QED) is 0.811. The molecule has 0 heterocycles. The number of ether oxygens (including phenoxy) is 1. The van der Waals surface area contributed by atoms with E-state index in [2.05, 4.69) is 12.1 Å². The van der Waals surface area contributed by atoms with Crippen LogP contribution in [-0.4, -0.2) is 37.0 Å². The normalized spacial score (nSPS) is 10.5. The fourth-order valence-electron chi connectivity index (χ4n) is 2.61. The Hall–Kier alpha value is -2.33. The number of amides is 1. The van der Waals surface area contributed by atoms with Crippen LogP contribution in [0.25, 0.3) is 0 Å². The van der Waals surface area contributed by atoms with Crippen LogP contribution in [0.3, 0.4) is 0 Å². The average Bonchev–Trinajstić information content (AvgIpc) is 2.61. The van der Waals surface area contributed by atoms with Crippen molar-refractivity contribution < 1.29 is 9.53 Å². The van der Waals surface area contributed by atoms with Crippen LogP contribution in [0.4, 0.5) is 0 Å². The Morgan fingerprint density at radius 3 is 2.54 bits per heavy atom. The Kier molecular flexibility index (Phi) is 6.82. The molecule has 24 heavy (non-hydrogen) atoms. The molecular weight excluding hydrogens is 300 g/mol. The van der Waals surface area contributed by atoms with Crippen molar-refractivity contribution in [1.82, 2.24) is 4.90 Å². The molecule has 0 aliphatic heterocycles. The predicted octanol–water partition coefficient (Wildman–Crippen LogP) is 3.04. The molecule has 0 radical (unpaired) electrons. The monoisotopic (exact) mass is 326 g/mol. The molecule has 2 rings (SSSR count). The molecule has 0 fully saturated rings. The van der Waals surface area contributed by atoms with Crippen LogP contribution in [0.1, 0.15) is 28.4 Å². The molecule has 128 valence electrons. The number of carbonyl (C=O) groups is 1. The number of carbonyl (C=O) groups excluding carboxylic acids is 1. The molecular formula is C20H26N2O2. The van der Waals surface area contributed by atoms with Crippen molar-refractivity contribution in [2.75, 3.05) is 26.2 Å². The van der Waals surface area contributed by atoms with Crippen LogP contribution in [0.5, 0.6) is 5.75 Å². The van der Waals surface area contributed by atoms with Crippen molar-refractivity contribution in [2.45, 2.75) is 20.3 Å². The lowest BCUT2D eigenvalue weighted by molar-refractivity contribution is 0.0761. The predicted molar refractivity (Wildman–Crippen MR) is 97.5 cm³/mol. The highest BCUT2D eigenvalue weighted by molar-refractivity contribution is 5.94. The molecule has 4 nitrogen and oxygen atoms in total. The summed E-state index contributed by atoms with van der Waals surface area (Å²) in [5.74, 6) is 0.761. The molecule has 0 saturated heterocycles. The van der Waals surface area contributed by atoms with Crippen LogP contribution in [-0.2, 0) is 6.42 Å². The van der Waals surface area contributed by atoms with Gasteiger partial charge < -0.3 is 15.4 Å². The van der Waals surface area contributed by atoms with E-state index in [9.17, 15) is 4.79 Å². The second-order valence-electron chi connectivity index (χ2n) is 5.73. The molecule has 1 amide bonds. The molecule has 0 aliphatic carbocycles. The van der Waals surface area contributed by atoms with E-state index in [0.717, 1.165) is 17.7 Å². The Morgan fingerprint density at radius 2 is 1.88 bits per heavy atom. The van der Waals surface area contributed by atoms with E-state index in [1.54, 1.807) is 0 Å². The van der Waals surface area contributed by atoms with E-state index < -0.39 is 0 Å². The molecule has 0 atom stereocenters. The SMILES string of the molecule is CCOc1cc(C(=O)N(CCN)CCc2ccccc2)ccc1C. The summed E-state index contributed by atoms with van der Waals surface area (Å²) < 4.78 is 5.60. The maximum absolute atomic E-state index is 12.8. The molecule has 0 bridgehead atoms. The number of benzene rings is 2. The van der Waals surface area contributed by atoms with Crippen molar-refractivity contribution >= 4 is 5.91 Å². The molecule has 0 unspecified atom stereocenters. The van der Waals surface area contributed by atoms with Crippen molar-refractivity contribution in [2.24, 2.45) is 5.73 Å². The van der Waals surface area contributed by atoms with E-state index in [-0.39, 0.29) is 5.91 Å². The number of nitrogens with zero attached hydrogens (tertiary/aromatic N) is 1. The summed E-state index contributed by atoms with van der Waals surface area (Å²) in [4.78, 5) is 14.7. The van der Waals surface area contributed by atoms with Crippen LogP contribution < -0.4 is 10.5 Å². The first-order valence-corrected chi connectivity index (χ1v) is 8.42. The summed E-state index contributed by atoms with van der Waals surface area (Å²) in [6.07, 6.45) is 0.816. The third-order valence-electron chi connectivity index (χ3n) is 3.93. The van der Waals surface area contributed by atoms with Gasteiger partial charge in [0.25, 0.3) is 5.91 Å². The number of nitrogens with two attached hydrogens (primary N) is 1. The summed E-state index contributed by atoms with van der Waals surface area (Å²) in [7, 11) is 0. The molecule has 0 aromatic heterocycles. The summed E-state index contributed by atoms with van der Waals surface area (Å²) in [5.41, 5.74) is 8.59. The lowest BCUT2D eigenvalue weighted by Crippen LogP contribution is -2.37. The van der Waals surface area contributed by atoms with Gasteiger partial charge in [-0.2, -0.15) is 0 Å². The summed E-state index contributed by atoms with van der Waals surface area (Å²) in [6.45, 7) is 6.14. The van der Waals surface area contributed by atoms with Crippen LogP contribution in [0.15, 0.2) is 48.5 Å². The first kappa shape index (κ1) is 18.0. The highest BCUT2D eigenvalue weighted by Crippen LogP contribution is 2.20. The first-order chi connectivity index (χ1) is 11.7. The molecule has 0 aliphatic rings. The Bertz CT molecular complexity index is 656. The summed E-state index contributed by atoms with van der Waals surface area (Å²) >= 11 is 0. The van der Waals surface area contributed by atoms with Gasteiger partial charge in [-0.1, -0.05) is 36.4 Å². The van der Waals surface area contributed by atoms with E-state index in [0.29, 0.717) is 31.8 Å². The molecule has 2 N–H and O–H groups in total. The van der Waals surface area contributed by atoms with Crippen molar-refractivity contribution in [3.63, 3.8) is 0 Å². The Morgan fingerprint density at radius 1 is 1.12 bits per heavy atom. The molecule has 0 spiro atoms. The third kappa shape index (κ3) is 4.83. The van der Waals surface area contributed by atoms with Gasteiger partial charge in [-0.3, -0.25) is 4.79 Å². The topological polar surface area (TPSA) is 55.6 Å². The second-order valence-corrected chi connectivity index (χ2v) is 5.73. The lowest BCUT2D eigenvalue weighted by atomic mass is 10.1. The zero-order chi connectivity index (χ0) is 17.4. The Balaban J connectivity index is 2.11. The average molecular weight is 326 g/mol. The molecule has 2 aromatic carbocycles. The van der Waals surface area contributed by atoms with Gasteiger partial charge in [0.15, 0.2) is 0 Å². The van der Waals surface area contributed by atoms with Crippen molar-refractivity contribution in [3.8, 4) is 5.75 Å². The summed E-state index contributed by atoms with van der Waals surface area (Å²) in [6, 6.07) is 15.8.